The molecule has 0 aliphatic carbocycles. The number of nitrogens with zero attached hydrogens (tertiary/aromatic N) is 1. The highest BCUT2D eigenvalue weighted by Crippen LogP contribution is 2.23. The van der Waals surface area contributed by atoms with E-state index in [1.54, 1.807) is 11.0 Å². The standard InChI is InChI=1S/C23H23F3N2O3/c1-4-7-28(12-20(29)27-18-6-5-17(24)22(25)23(18)26)11-15-10-21(30)31-19-9-14(3)13(2)8-16(15)19/h5-6,8-10H,4,7,11-12H2,1-3H3,(H,27,29). The summed E-state index contributed by atoms with van der Waals surface area (Å²) in [4.78, 5) is 26.3. The predicted octanol–water partition coefficient (Wildman–Crippen LogP) is 4.68. The van der Waals surface area contributed by atoms with Crippen LogP contribution in [-0.2, 0) is 11.3 Å². The van der Waals surface area contributed by atoms with E-state index >= 15 is 0 Å². The zero-order valence-electron chi connectivity index (χ0n) is 17.5. The van der Waals surface area contributed by atoms with E-state index in [0.29, 0.717) is 17.7 Å². The van der Waals surface area contributed by atoms with Crippen LogP contribution in [0.2, 0.25) is 0 Å². The van der Waals surface area contributed by atoms with Gasteiger partial charge in [-0.15, -0.1) is 0 Å². The van der Waals surface area contributed by atoms with Gasteiger partial charge < -0.3 is 9.73 Å². The van der Waals surface area contributed by atoms with Gasteiger partial charge in [-0.1, -0.05) is 6.92 Å². The van der Waals surface area contributed by atoms with Crippen LogP contribution in [0.3, 0.4) is 0 Å². The summed E-state index contributed by atoms with van der Waals surface area (Å²) in [5.74, 6) is -5.01. The van der Waals surface area contributed by atoms with Crippen LogP contribution in [0.5, 0.6) is 0 Å². The Bertz CT molecular complexity index is 1190. The molecule has 2 aromatic carbocycles. The van der Waals surface area contributed by atoms with Gasteiger partial charge in [0.1, 0.15) is 5.58 Å². The van der Waals surface area contributed by atoms with Crippen LogP contribution < -0.4 is 10.9 Å². The Morgan fingerprint density at radius 2 is 1.77 bits per heavy atom. The summed E-state index contributed by atoms with van der Waals surface area (Å²) in [6, 6.07) is 6.85. The fourth-order valence-corrected chi connectivity index (χ4v) is 3.40. The van der Waals surface area contributed by atoms with Crippen LogP contribution in [0.15, 0.2) is 39.5 Å². The van der Waals surface area contributed by atoms with Gasteiger partial charge in [0.2, 0.25) is 5.91 Å². The first-order valence-corrected chi connectivity index (χ1v) is 9.89. The average molecular weight is 432 g/mol. The molecule has 1 heterocycles. The Kier molecular flexibility index (Phi) is 6.80. The first-order chi connectivity index (χ1) is 14.7. The van der Waals surface area contributed by atoms with E-state index < -0.39 is 34.7 Å². The molecule has 3 rings (SSSR count). The first kappa shape index (κ1) is 22.6. The Labute approximate surface area is 177 Å². The fraction of sp³-hybridized carbons (Fsp3) is 0.304. The summed E-state index contributed by atoms with van der Waals surface area (Å²) in [5.41, 5.74) is 2.28. The number of halogens is 3. The van der Waals surface area contributed by atoms with Crippen molar-refractivity contribution in [1.29, 1.82) is 0 Å². The van der Waals surface area contributed by atoms with Gasteiger partial charge in [-0.05, 0) is 67.8 Å². The van der Waals surface area contributed by atoms with Crippen molar-refractivity contribution < 1.29 is 22.4 Å². The molecular formula is C23H23F3N2O3. The van der Waals surface area contributed by atoms with E-state index in [1.807, 2.05) is 26.8 Å². The van der Waals surface area contributed by atoms with Crippen molar-refractivity contribution in [2.45, 2.75) is 33.7 Å². The smallest absolute Gasteiger partial charge is 0.336 e. The van der Waals surface area contributed by atoms with E-state index in [1.165, 1.54) is 6.07 Å². The number of anilines is 1. The van der Waals surface area contributed by atoms with E-state index in [2.05, 4.69) is 5.32 Å². The molecule has 0 atom stereocenters. The minimum atomic E-state index is -1.64. The molecule has 1 aromatic heterocycles. The summed E-state index contributed by atoms with van der Waals surface area (Å²) in [5, 5.41) is 3.05. The number of amides is 1. The van der Waals surface area contributed by atoms with Crippen LogP contribution in [0.4, 0.5) is 18.9 Å². The zero-order valence-corrected chi connectivity index (χ0v) is 17.5. The normalized spacial score (nSPS) is 11.3. The largest absolute Gasteiger partial charge is 0.423 e. The summed E-state index contributed by atoms with van der Waals surface area (Å²) < 4.78 is 45.7. The van der Waals surface area contributed by atoms with Crippen LogP contribution in [0.1, 0.15) is 30.0 Å². The van der Waals surface area contributed by atoms with Gasteiger partial charge in [0, 0.05) is 18.0 Å². The van der Waals surface area contributed by atoms with Crippen LogP contribution in [0.25, 0.3) is 11.0 Å². The van der Waals surface area contributed by atoms with Crippen molar-refractivity contribution in [2.75, 3.05) is 18.4 Å². The van der Waals surface area contributed by atoms with Gasteiger partial charge in [0.05, 0.1) is 12.2 Å². The van der Waals surface area contributed by atoms with Crippen molar-refractivity contribution in [3.8, 4) is 0 Å². The third-order valence-corrected chi connectivity index (χ3v) is 5.05. The molecule has 0 spiro atoms. The number of hydrogen-bond donors (Lipinski definition) is 1. The molecule has 0 aliphatic heterocycles. The van der Waals surface area contributed by atoms with Crippen molar-refractivity contribution in [3.63, 3.8) is 0 Å². The van der Waals surface area contributed by atoms with Gasteiger partial charge in [-0.25, -0.2) is 18.0 Å². The molecule has 0 unspecified atom stereocenters. The molecule has 1 N–H and O–H groups in total. The molecular weight excluding hydrogens is 409 g/mol. The zero-order chi connectivity index (χ0) is 22.7. The highest BCUT2D eigenvalue weighted by molar-refractivity contribution is 5.92. The molecule has 0 saturated carbocycles. The first-order valence-electron chi connectivity index (χ1n) is 9.89. The molecule has 0 radical (unpaired) electrons. The lowest BCUT2D eigenvalue weighted by molar-refractivity contribution is -0.117. The summed E-state index contributed by atoms with van der Waals surface area (Å²) in [6.07, 6.45) is 0.727. The van der Waals surface area contributed by atoms with Crippen LogP contribution >= 0.6 is 0 Å². The predicted molar refractivity (Wildman–Crippen MR) is 112 cm³/mol. The Morgan fingerprint density at radius 1 is 1.06 bits per heavy atom. The van der Waals surface area contributed by atoms with Gasteiger partial charge >= 0.3 is 5.63 Å². The fourth-order valence-electron chi connectivity index (χ4n) is 3.40. The molecule has 8 heteroatoms. The van der Waals surface area contributed by atoms with E-state index in [4.69, 9.17) is 4.42 Å². The number of carbonyl (C=O) groups is 1. The molecule has 0 bridgehead atoms. The SMILES string of the molecule is CCCN(CC(=O)Nc1ccc(F)c(F)c1F)Cc1cc(=O)oc2cc(C)c(C)cc12. The third-order valence-electron chi connectivity index (χ3n) is 5.05. The van der Waals surface area contributed by atoms with Gasteiger partial charge in [-0.2, -0.15) is 0 Å². The van der Waals surface area contributed by atoms with Crippen LogP contribution in [-0.4, -0.2) is 23.9 Å². The van der Waals surface area contributed by atoms with Gasteiger partial charge in [-0.3, -0.25) is 9.69 Å². The maximum atomic E-state index is 13.9. The lowest BCUT2D eigenvalue weighted by atomic mass is 10.0. The van der Waals surface area contributed by atoms with Gasteiger partial charge in [0.15, 0.2) is 17.5 Å². The van der Waals surface area contributed by atoms with Crippen molar-refractivity contribution in [3.05, 3.63) is 74.9 Å². The van der Waals surface area contributed by atoms with Crippen molar-refractivity contribution in [2.24, 2.45) is 0 Å². The number of nitrogens with one attached hydrogen (secondary N) is 1. The summed E-state index contributed by atoms with van der Waals surface area (Å²) in [6.45, 7) is 6.50. The maximum Gasteiger partial charge on any atom is 0.336 e. The maximum absolute atomic E-state index is 13.9. The van der Waals surface area contributed by atoms with E-state index in [9.17, 15) is 22.8 Å². The van der Waals surface area contributed by atoms with Crippen molar-refractivity contribution in [1.82, 2.24) is 4.90 Å². The molecule has 0 aliphatic rings. The lowest BCUT2D eigenvalue weighted by Crippen LogP contribution is -2.34. The Morgan fingerprint density at radius 3 is 2.48 bits per heavy atom. The molecule has 3 aromatic rings. The second-order valence-corrected chi connectivity index (χ2v) is 7.51. The number of aryl methyl sites for hydroxylation is 2. The monoisotopic (exact) mass is 432 g/mol. The number of benzene rings is 2. The third kappa shape index (κ3) is 5.14. The molecule has 0 saturated heterocycles. The number of fused-ring (bicyclic) bond motifs is 1. The second-order valence-electron chi connectivity index (χ2n) is 7.51. The number of rotatable bonds is 7. The molecule has 5 nitrogen and oxygen atoms in total. The topological polar surface area (TPSA) is 62.6 Å². The van der Waals surface area contributed by atoms with E-state index in [0.717, 1.165) is 35.1 Å². The second kappa shape index (κ2) is 9.34. The summed E-state index contributed by atoms with van der Waals surface area (Å²) >= 11 is 0. The minimum Gasteiger partial charge on any atom is -0.423 e. The quantitative estimate of drug-likeness (QED) is 0.435. The summed E-state index contributed by atoms with van der Waals surface area (Å²) in [7, 11) is 0. The lowest BCUT2D eigenvalue weighted by Gasteiger charge is -2.22. The van der Waals surface area contributed by atoms with Gasteiger partial charge in [0.25, 0.3) is 0 Å². The molecule has 31 heavy (non-hydrogen) atoms. The minimum absolute atomic E-state index is 0.126. The number of hydrogen-bond acceptors (Lipinski definition) is 4. The highest BCUT2D eigenvalue weighted by Gasteiger charge is 2.18. The Hall–Kier alpha value is -3.13. The Balaban J connectivity index is 1.83. The van der Waals surface area contributed by atoms with E-state index in [-0.39, 0.29) is 13.1 Å². The van der Waals surface area contributed by atoms with Crippen LogP contribution in [0, 0.1) is 31.3 Å². The molecule has 164 valence electrons. The molecule has 0 fully saturated rings. The average Bonchev–Trinajstić information content (AvgIpc) is 2.70. The highest BCUT2D eigenvalue weighted by atomic mass is 19.2. The van der Waals surface area contributed by atoms with Crippen molar-refractivity contribution >= 4 is 22.6 Å². The molecule has 1 amide bonds. The number of carbonyl (C=O) groups excluding carboxylic acids is 1.